The monoisotopic (exact) mass is 206 g/mol. The highest BCUT2D eigenvalue weighted by atomic mass is 16.5. The van der Waals surface area contributed by atoms with E-state index in [1.165, 1.54) is 0 Å². The SMILES string of the molecule is Cc1nc(CN2CCC(C#N)CC2)no1. The van der Waals surface area contributed by atoms with Gasteiger partial charge in [-0.2, -0.15) is 10.2 Å². The van der Waals surface area contributed by atoms with Gasteiger partial charge in [0.2, 0.25) is 5.89 Å². The van der Waals surface area contributed by atoms with E-state index in [9.17, 15) is 0 Å². The van der Waals surface area contributed by atoms with Gasteiger partial charge in [0, 0.05) is 12.8 Å². The molecule has 0 amide bonds. The van der Waals surface area contributed by atoms with Crippen LogP contribution in [0.2, 0.25) is 0 Å². The zero-order valence-corrected chi connectivity index (χ0v) is 8.81. The largest absolute Gasteiger partial charge is 0.340 e. The van der Waals surface area contributed by atoms with Crippen LogP contribution in [-0.4, -0.2) is 28.1 Å². The molecule has 2 rings (SSSR count). The zero-order valence-electron chi connectivity index (χ0n) is 8.81. The first-order valence-corrected chi connectivity index (χ1v) is 5.19. The van der Waals surface area contributed by atoms with Gasteiger partial charge < -0.3 is 4.52 Å². The number of nitriles is 1. The zero-order chi connectivity index (χ0) is 10.7. The molecule has 1 fully saturated rings. The molecule has 15 heavy (non-hydrogen) atoms. The molecule has 1 aliphatic heterocycles. The second kappa shape index (κ2) is 4.41. The van der Waals surface area contributed by atoms with E-state index < -0.39 is 0 Å². The highest BCUT2D eigenvalue weighted by molar-refractivity contribution is 4.90. The van der Waals surface area contributed by atoms with E-state index in [0.717, 1.165) is 38.3 Å². The molecule has 80 valence electrons. The second-order valence-electron chi connectivity index (χ2n) is 3.91. The van der Waals surface area contributed by atoms with Crippen molar-refractivity contribution in [2.24, 2.45) is 5.92 Å². The molecule has 1 aromatic rings. The van der Waals surface area contributed by atoms with Crippen molar-refractivity contribution < 1.29 is 4.52 Å². The first-order valence-electron chi connectivity index (χ1n) is 5.19. The molecule has 5 nitrogen and oxygen atoms in total. The highest BCUT2D eigenvalue weighted by Gasteiger charge is 2.19. The number of piperidine rings is 1. The molecule has 0 radical (unpaired) electrons. The number of aryl methyl sites for hydroxylation is 1. The Morgan fingerprint density at radius 1 is 1.53 bits per heavy atom. The number of aromatic nitrogens is 2. The Kier molecular flexibility index (Phi) is 2.97. The van der Waals surface area contributed by atoms with Crippen molar-refractivity contribution in [3.05, 3.63) is 11.7 Å². The summed E-state index contributed by atoms with van der Waals surface area (Å²) in [6, 6.07) is 2.32. The molecule has 0 saturated carbocycles. The van der Waals surface area contributed by atoms with Gasteiger partial charge in [-0.05, 0) is 25.9 Å². The van der Waals surface area contributed by atoms with Gasteiger partial charge in [-0.15, -0.1) is 0 Å². The van der Waals surface area contributed by atoms with Gasteiger partial charge in [-0.1, -0.05) is 5.16 Å². The Hall–Kier alpha value is -1.41. The third kappa shape index (κ3) is 2.54. The lowest BCUT2D eigenvalue weighted by atomic mass is 9.99. The van der Waals surface area contributed by atoms with Crippen LogP contribution in [0.1, 0.15) is 24.6 Å². The smallest absolute Gasteiger partial charge is 0.223 e. The summed E-state index contributed by atoms with van der Waals surface area (Å²) in [5.74, 6) is 1.58. The Morgan fingerprint density at radius 2 is 2.27 bits per heavy atom. The third-order valence-corrected chi connectivity index (χ3v) is 2.70. The maximum atomic E-state index is 8.76. The summed E-state index contributed by atoms with van der Waals surface area (Å²) < 4.78 is 4.91. The molecule has 5 heteroatoms. The predicted octanol–water partition coefficient (Wildman–Crippen LogP) is 1.11. The van der Waals surface area contributed by atoms with Gasteiger partial charge in [0.05, 0.1) is 12.6 Å². The summed E-state index contributed by atoms with van der Waals surface area (Å²) in [6.07, 6.45) is 1.90. The minimum atomic E-state index is 0.230. The van der Waals surface area contributed by atoms with Gasteiger partial charge in [0.15, 0.2) is 5.82 Å². The van der Waals surface area contributed by atoms with Crippen molar-refractivity contribution in [1.82, 2.24) is 15.0 Å². The lowest BCUT2D eigenvalue weighted by molar-refractivity contribution is 0.191. The normalized spacial score (nSPS) is 18.9. The van der Waals surface area contributed by atoms with E-state index in [-0.39, 0.29) is 5.92 Å². The summed E-state index contributed by atoms with van der Waals surface area (Å²) in [7, 11) is 0. The summed E-state index contributed by atoms with van der Waals surface area (Å²) in [4.78, 5) is 6.42. The maximum Gasteiger partial charge on any atom is 0.223 e. The molecule has 0 spiro atoms. The summed E-state index contributed by atoms with van der Waals surface area (Å²) in [5, 5.41) is 12.6. The number of hydrogen-bond acceptors (Lipinski definition) is 5. The van der Waals surface area contributed by atoms with Crippen molar-refractivity contribution in [3.63, 3.8) is 0 Å². The molecular weight excluding hydrogens is 192 g/mol. The van der Waals surface area contributed by atoms with E-state index in [1.807, 2.05) is 0 Å². The van der Waals surface area contributed by atoms with Crippen LogP contribution in [0.4, 0.5) is 0 Å². The van der Waals surface area contributed by atoms with Crippen LogP contribution in [0, 0.1) is 24.2 Å². The average molecular weight is 206 g/mol. The first-order chi connectivity index (χ1) is 7.28. The number of rotatable bonds is 2. The van der Waals surface area contributed by atoms with Crippen LogP contribution in [0.25, 0.3) is 0 Å². The molecule has 0 aliphatic carbocycles. The molecule has 0 aromatic carbocycles. The molecular formula is C10H14N4O. The van der Waals surface area contributed by atoms with Crippen LogP contribution in [0.15, 0.2) is 4.52 Å². The molecule has 1 aliphatic rings. The van der Waals surface area contributed by atoms with E-state index in [2.05, 4.69) is 21.1 Å². The average Bonchev–Trinajstić information content (AvgIpc) is 2.65. The third-order valence-electron chi connectivity index (χ3n) is 2.70. The Bertz CT molecular complexity index is 360. The standard InChI is InChI=1S/C10H14N4O/c1-8-12-10(13-15-8)7-14-4-2-9(6-11)3-5-14/h9H,2-5,7H2,1H3. The van der Waals surface area contributed by atoms with E-state index >= 15 is 0 Å². The number of nitrogens with zero attached hydrogens (tertiary/aromatic N) is 4. The van der Waals surface area contributed by atoms with Crippen molar-refractivity contribution >= 4 is 0 Å². The quantitative estimate of drug-likeness (QED) is 0.725. The summed E-state index contributed by atoms with van der Waals surface area (Å²) in [6.45, 7) is 4.42. The molecule has 2 heterocycles. The minimum Gasteiger partial charge on any atom is -0.340 e. The molecule has 0 unspecified atom stereocenters. The van der Waals surface area contributed by atoms with Crippen LogP contribution < -0.4 is 0 Å². The van der Waals surface area contributed by atoms with Crippen LogP contribution in [0.3, 0.4) is 0 Å². The number of likely N-dealkylation sites (tertiary alicyclic amines) is 1. The van der Waals surface area contributed by atoms with Crippen molar-refractivity contribution in [3.8, 4) is 6.07 Å². The van der Waals surface area contributed by atoms with Crippen LogP contribution >= 0.6 is 0 Å². The van der Waals surface area contributed by atoms with Crippen molar-refractivity contribution in [1.29, 1.82) is 5.26 Å². The lowest BCUT2D eigenvalue weighted by Gasteiger charge is -2.27. The van der Waals surface area contributed by atoms with Gasteiger partial charge in [-0.25, -0.2) is 0 Å². The van der Waals surface area contributed by atoms with Crippen molar-refractivity contribution in [2.75, 3.05) is 13.1 Å². The predicted molar refractivity (Wildman–Crippen MR) is 52.6 cm³/mol. The minimum absolute atomic E-state index is 0.230. The molecule has 0 atom stereocenters. The van der Waals surface area contributed by atoms with Gasteiger partial charge in [0.25, 0.3) is 0 Å². The second-order valence-corrected chi connectivity index (χ2v) is 3.91. The maximum absolute atomic E-state index is 8.76. The fourth-order valence-corrected chi connectivity index (χ4v) is 1.83. The van der Waals surface area contributed by atoms with E-state index in [4.69, 9.17) is 9.78 Å². The number of hydrogen-bond donors (Lipinski definition) is 0. The fourth-order valence-electron chi connectivity index (χ4n) is 1.83. The Balaban J connectivity index is 1.85. The summed E-state index contributed by atoms with van der Waals surface area (Å²) >= 11 is 0. The van der Waals surface area contributed by atoms with Crippen molar-refractivity contribution in [2.45, 2.75) is 26.3 Å². The Morgan fingerprint density at radius 3 is 2.80 bits per heavy atom. The van der Waals surface area contributed by atoms with E-state index in [0.29, 0.717) is 5.89 Å². The van der Waals surface area contributed by atoms with Crippen LogP contribution in [0.5, 0.6) is 0 Å². The van der Waals surface area contributed by atoms with Gasteiger partial charge >= 0.3 is 0 Å². The van der Waals surface area contributed by atoms with Crippen LogP contribution in [-0.2, 0) is 6.54 Å². The van der Waals surface area contributed by atoms with Gasteiger partial charge in [-0.3, -0.25) is 4.90 Å². The molecule has 0 N–H and O–H groups in total. The topological polar surface area (TPSA) is 66.0 Å². The molecule has 1 aromatic heterocycles. The lowest BCUT2D eigenvalue weighted by Crippen LogP contribution is -2.33. The molecule has 1 saturated heterocycles. The Labute approximate surface area is 88.7 Å². The first kappa shape index (κ1) is 10.1. The summed E-state index contributed by atoms with van der Waals surface area (Å²) in [5.41, 5.74) is 0. The fraction of sp³-hybridized carbons (Fsp3) is 0.700. The molecule has 0 bridgehead atoms. The van der Waals surface area contributed by atoms with Gasteiger partial charge in [0.1, 0.15) is 0 Å². The highest BCUT2D eigenvalue weighted by Crippen LogP contribution is 2.17. The van der Waals surface area contributed by atoms with E-state index in [1.54, 1.807) is 6.92 Å².